The summed E-state index contributed by atoms with van der Waals surface area (Å²) in [4.78, 5) is 11.1. The Bertz CT molecular complexity index is 797. The largest absolute Gasteiger partial charge is 0.315 e. The molecule has 0 radical (unpaired) electrons. The van der Waals surface area contributed by atoms with Gasteiger partial charge in [-0.15, -0.1) is 0 Å². The number of aromatic nitrogens is 4. The maximum Gasteiger partial charge on any atom is 0.315 e. The first-order chi connectivity index (χ1) is 11.1. The Kier molecular flexibility index (Phi) is 4.13. The van der Waals surface area contributed by atoms with Crippen molar-refractivity contribution in [3.8, 4) is 5.69 Å². The Morgan fingerprint density at radius 2 is 1.96 bits per heavy atom. The first-order valence-corrected chi connectivity index (χ1v) is 6.83. The van der Waals surface area contributed by atoms with Crippen molar-refractivity contribution in [2.75, 3.05) is 5.32 Å². The number of hydrogen-bond donors (Lipinski definition) is 1. The summed E-state index contributed by atoms with van der Waals surface area (Å²) in [5.41, 5.74) is 1.73. The van der Waals surface area contributed by atoms with Crippen molar-refractivity contribution in [1.29, 1.82) is 0 Å². The fourth-order valence-electron chi connectivity index (χ4n) is 2.08. The van der Waals surface area contributed by atoms with E-state index >= 15 is 0 Å². The van der Waals surface area contributed by atoms with Gasteiger partial charge in [-0.05, 0) is 12.1 Å². The number of nitrogens with one attached hydrogen (secondary N) is 1. The van der Waals surface area contributed by atoms with Crippen LogP contribution in [0.4, 0.5) is 14.6 Å². The quantitative estimate of drug-likeness (QED) is 0.785. The Morgan fingerprint density at radius 3 is 2.70 bits per heavy atom. The molecule has 0 fully saturated rings. The van der Waals surface area contributed by atoms with Crippen LogP contribution in [0.5, 0.6) is 0 Å². The number of rotatable bonds is 5. The lowest BCUT2D eigenvalue weighted by Crippen LogP contribution is -2.22. The third-order valence-electron chi connectivity index (χ3n) is 3.16. The molecule has 0 aliphatic carbocycles. The second kappa shape index (κ2) is 6.39. The Morgan fingerprint density at radius 1 is 1.17 bits per heavy atom. The van der Waals surface area contributed by atoms with Crippen LogP contribution in [0.2, 0.25) is 0 Å². The van der Waals surface area contributed by atoms with Crippen molar-refractivity contribution in [2.45, 2.75) is 13.0 Å². The standard InChI is InChI=1S/C15H13F2N5O/c16-14(17)15(23)20-13-6-7-18-22(13)10-11-8-19-21(9-11)12-4-2-1-3-5-12/h1-9,14H,10H2,(H,20,23). The Balaban J connectivity index is 1.75. The lowest BCUT2D eigenvalue weighted by molar-refractivity contribution is -0.126. The topological polar surface area (TPSA) is 64.7 Å². The number of hydrogen-bond acceptors (Lipinski definition) is 3. The molecule has 1 aromatic carbocycles. The van der Waals surface area contributed by atoms with Crippen molar-refractivity contribution in [3.05, 3.63) is 60.6 Å². The van der Waals surface area contributed by atoms with Crippen LogP contribution in [0.25, 0.3) is 5.69 Å². The van der Waals surface area contributed by atoms with E-state index in [1.807, 2.05) is 36.5 Å². The third-order valence-corrected chi connectivity index (χ3v) is 3.16. The van der Waals surface area contributed by atoms with Crippen LogP contribution in [0.3, 0.4) is 0 Å². The number of carbonyl (C=O) groups is 1. The molecular formula is C15H13F2N5O. The lowest BCUT2D eigenvalue weighted by atomic mass is 10.3. The predicted octanol–water partition coefficient (Wildman–Crippen LogP) is 2.32. The highest BCUT2D eigenvalue weighted by Gasteiger charge is 2.17. The minimum atomic E-state index is -3.07. The SMILES string of the molecule is O=C(Nc1ccnn1Cc1cnn(-c2ccccc2)c1)C(F)F. The van der Waals surface area contributed by atoms with Gasteiger partial charge in [-0.1, -0.05) is 18.2 Å². The normalized spacial score (nSPS) is 10.9. The van der Waals surface area contributed by atoms with Gasteiger partial charge in [-0.2, -0.15) is 19.0 Å². The van der Waals surface area contributed by atoms with Crippen molar-refractivity contribution in [2.24, 2.45) is 0 Å². The van der Waals surface area contributed by atoms with E-state index in [-0.39, 0.29) is 5.82 Å². The molecule has 0 atom stereocenters. The first-order valence-electron chi connectivity index (χ1n) is 6.83. The van der Waals surface area contributed by atoms with Gasteiger partial charge in [0.25, 0.3) is 5.91 Å². The van der Waals surface area contributed by atoms with Crippen LogP contribution in [0.1, 0.15) is 5.56 Å². The van der Waals surface area contributed by atoms with Crippen LogP contribution in [0, 0.1) is 0 Å². The number of anilines is 1. The molecule has 23 heavy (non-hydrogen) atoms. The second-order valence-electron chi connectivity index (χ2n) is 4.79. The molecule has 0 bridgehead atoms. The number of halogens is 2. The zero-order valence-electron chi connectivity index (χ0n) is 11.9. The molecule has 2 aromatic heterocycles. The summed E-state index contributed by atoms with van der Waals surface area (Å²) in [5, 5.41) is 10.4. The van der Waals surface area contributed by atoms with E-state index in [1.54, 1.807) is 10.9 Å². The lowest BCUT2D eigenvalue weighted by Gasteiger charge is -2.07. The molecule has 118 valence electrons. The smallest absolute Gasteiger partial charge is 0.306 e. The molecule has 0 aliphatic heterocycles. The summed E-state index contributed by atoms with van der Waals surface area (Å²) in [6.45, 7) is 0.304. The summed E-state index contributed by atoms with van der Waals surface area (Å²) in [5.74, 6) is -1.14. The van der Waals surface area contributed by atoms with Gasteiger partial charge in [0, 0.05) is 17.8 Å². The molecule has 0 saturated heterocycles. The third kappa shape index (κ3) is 3.42. The van der Waals surface area contributed by atoms with Gasteiger partial charge in [-0.25, -0.2) is 9.36 Å². The highest BCUT2D eigenvalue weighted by molar-refractivity contribution is 5.92. The molecule has 1 N–H and O–H groups in total. The molecule has 0 saturated carbocycles. The second-order valence-corrected chi connectivity index (χ2v) is 4.79. The predicted molar refractivity (Wildman–Crippen MR) is 79.5 cm³/mol. The number of amides is 1. The average molecular weight is 317 g/mol. The highest BCUT2D eigenvalue weighted by Crippen LogP contribution is 2.13. The van der Waals surface area contributed by atoms with Gasteiger partial charge in [0.2, 0.25) is 0 Å². The maximum atomic E-state index is 12.3. The van der Waals surface area contributed by atoms with Crippen molar-refractivity contribution in [3.63, 3.8) is 0 Å². The molecule has 2 heterocycles. The minimum absolute atomic E-state index is 0.211. The summed E-state index contributed by atoms with van der Waals surface area (Å²) >= 11 is 0. The van der Waals surface area contributed by atoms with E-state index in [0.29, 0.717) is 6.54 Å². The summed E-state index contributed by atoms with van der Waals surface area (Å²) < 4.78 is 27.8. The number of alkyl halides is 2. The van der Waals surface area contributed by atoms with Gasteiger partial charge in [-0.3, -0.25) is 4.79 Å². The summed E-state index contributed by atoms with van der Waals surface area (Å²) in [6, 6.07) is 11.0. The molecule has 3 rings (SSSR count). The van der Waals surface area contributed by atoms with Crippen molar-refractivity contribution < 1.29 is 13.6 Å². The maximum absolute atomic E-state index is 12.3. The van der Waals surface area contributed by atoms with Gasteiger partial charge in [0.05, 0.1) is 24.6 Å². The summed E-state index contributed by atoms with van der Waals surface area (Å²) in [7, 11) is 0. The van der Waals surface area contributed by atoms with E-state index in [4.69, 9.17) is 0 Å². The first kappa shape index (κ1) is 14.9. The number of nitrogens with zero attached hydrogens (tertiary/aromatic N) is 4. The van der Waals surface area contributed by atoms with Gasteiger partial charge < -0.3 is 5.32 Å². The molecule has 0 unspecified atom stereocenters. The van der Waals surface area contributed by atoms with E-state index in [9.17, 15) is 13.6 Å². The monoisotopic (exact) mass is 317 g/mol. The van der Waals surface area contributed by atoms with Crippen LogP contribution in [0.15, 0.2) is 55.0 Å². The van der Waals surface area contributed by atoms with Crippen molar-refractivity contribution in [1.82, 2.24) is 19.6 Å². The zero-order chi connectivity index (χ0) is 16.2. The number of carbonyl (C=O) groups excluding carboxylic acids is 1. The van der Waals surface area contributed by atoms with Crippen LogP contribution in [-0.4, -0.2) is 31.9 Å². The molecular weight excluding hydrogens is 304 g/mol. The van der Waals surface area contributed by atoms with E-state index in [0.717, 1.165) is 11.3 Å². The molecule has 6 nitrogen and oxygen atoms in total. The van der Waals surface area contributed by atoms with Gasteiger partial charge >= 0.3 is 6.43 Å². The van der Waals surface area contributed by atoms with E-state index < -0.39 is 12.3 Å². The van der Waals surface area contributed by atoms with Crippen LogP contribution in [-0.2, 0) is 11.3 Å². The van der Waals surface area contributed by atoms with E-state index in [1.165, 1.54) is 16.9 Å². The minimum Gasteiger partial charge on any atom is -0.306 e. The van der Waals surface area contributed by atoms with Crippen LogP contribution >= 0.6 is 0 Å². The fraction of sp³-hybridized carbons (Fsp3) is 0.133. The zero-order valence-corrected chi connectivity index (χ0v) is 11.9. The fourth-order valence-corrected chi connectivity index (χ4v) is 2.08. The Labute approximate surface area is 130 Å². The highest BCUT2D eigenvalue weighted by atomic mass is 19.3. The molecule has 8 heteroatoms. The summed E-state index contributed by atoms with van der Waals surface area (Å²) in [6.07, 6.45) is 1.84. The number of benzene rings is 1. The van der Waals surface area contributed by atoms with E-state index in [2.05, 4.69) is 15.5 Å². The Hall–Kier alpha value is -3.03. The van der Waals surface area contributed by atoms with Crippen molar-refractivity contribution >= 4 is 11.7 Å². The molecule has 0 aliphatic rings. The van der Waals surface area contributed by atoms with Gasteiger partial charge in [0.1, 0.15) is 5.82 Å². The number of para-hydroxylation sites is 1. The van der Waals surface area contributed by atoms with Crippen LogP contribution < -0.4 is 5.32 Å². The average Bonchev–Trinajstić information content (AvgIpc) is 3.19. The molecule has 0 spiro atoms. The van der Waals surface area contributed by atoms with Gasteiger partial charge in [0.15, 0.2) is 0 Å². The molecule has 1 amide bonds. The molecule has 3 aromatic rings.